The maximum atomic E-state index is 13.2. The van der Waals surface area contributed by atoms with Crippen molar-refractivity contribution in [2.75, 3.05) is 0 Å². The number of fused-ring (bicyclic) bond motifs is 1. The van der Waals surface area contributed by atoms with Gasteiger partial charge in [-0.15, -0.1) is 0 Å². The molecule has 26 heavy (non-hydrogen) atoms. The first kappa shape index (κ1) is 17.4. The van der Waals surface area contributed by atoms with E-state index in [0.717, 1.165) is 23.3 Å². The molecule has 0 atom stereocenters. The number of benzene rings is 2. The van der Waals surface area contributed by atoms with Crippen LogP contribution in [0.15, 0.2) is 42.5 Å². The zero-order valence-electron chi connectivity index (χ0n) is 14.3. The van der Waals surface area contributed by atoms with Crippen LogP contribution in [-0.2, 0) is 6.54 Å². The van der Waals surface area contributed by atoms with Gasteiger partial charge in [0, 0.05) is 28.7 Å². The minimum absolute atomic E-state index is 0.125. The number of para-hydroxylation sites is 1. The number of aromatic nitrogens is 1. The fourth-order valence-electron chi connectivity index (χ4n) is 3.31. The lowest BCUT2D eigenvalue weighted by Gasteiger charge is -2.08. The van der Waals surface area contributed by atoms with Crippen LogP contribution >= 0.6 is 0 Å². The van der Waals surface area contributed by atoms with Crippen LogP contribution in [0.2, 0.25) is 0 Å². The van der Waals surface area contributed by atoms with Crippen LogP contribution in [0.5, 0.6) is 0 Å². The molecule has 0 bridgehead atoms. The number of hydrogen-bond donors (Lipinski definition) is 2. The molecule has 6 heteroatoms. The van der Waals surface area contributed by atoms with Crippen LogP contribution in [0.4, 0.5) is 0 Å². The zero-order chi connectivity index (χ0) is 19.0. The molecule has 2 N–H and O–H groups in total. The monoisotopic (exact) mass is 351 g/mol. The number of carbonyl (C=O) groups excluding carboxylic acids is 1. The Labute approximate surface area is 149 Å². The number of rotatable bonds is 5. The van der Waals surface area contributed by atoms with E-state index in [1.165, 1.54) is 6.07 Å². The Kier molecular flexibility index (Phi) is 4.34. The summed E-state index contributed by atoms with van der Waals surface area (Å²) >= 11 is 0. The normalized spacial score (nSPS) is 10.8. The molecular weight excluding hydrogens is 334 g/mol. The highest BCUT2D eigenvalue weighted by molar-refractivity contribution is 6.21. The standard InChI is InChI=1S/C20H17NO5/c1-3-21-11(2)17(14-6-4-5-7-16(14)21)18(22)15-10-12(19(23)24)8-9-13(15)20(25)26/h4-10H,3H2,1-2H3,(H,23,24)(H,25,26). The number of ketones is 1. The molecular formula is C20H17NO5. The number of carbonyl (C=O) groups is 3. The Morgan fingerprint density at radius 2 is 1.65 bits per heavy atom. The first-order chi connectivity index (χ1) is 12.4. The van der Waals surface area contributed by atoms with E-state index in [-0.39, 0.29) is 16.7 Å². The minimum atomic E-state index is -1.28. The SMILES string of the molecule is CCn1c(C)c(C(=O)c2cc(C(=O)O)ccc2C(=O)O)c2ccccc21. The Balaban J connectivity index is 2.30. The average molecular weight is 351 g/mol. The second-order valence-electron chi connectivity index (χ2n) is 5.92. The fourth-order valence-corrected chi connectivity index (χ4v) is 3.31. The maximum absolute atomic E-state index is 13.2. The van der Waals surface area contributed by atoms with Crippen molar-refractivity contribution in [1.82, 2.24) is 4.57 Å². The van der Waals surface area contributed by atoms with E-state index < -0.39 is 17.7 Å². The molecule has 0 aliphatic rings. The summed E-state index contributed by atoms with van der Waals surface area (Å²) in [6, 6.07) is 10.9. The highest BCUT2D eigenvalue weighted by Crippen LogP contribution is 2.29. The van der Waals surface area contributed by atoms with Crippen molar-refractivity contribution in [3.05, 3.63) is 70.4 Å². The zero-order valence-corrected chi connectivity index (χ0v) is 14.3. The third-order valence-corrected chi connectivity index (χ3v) is 4.52. The largest absolute Gasteiger partial charge is 0.478 e. The summed E-state index contributed by atoms with van der Waals surface area (Å²) < 4.78 is 1.98. The van der Waals surface area contributed by atoms with Gasteiger partial charge in [0.15, 0.2) is 5.78 Å². The van der Waals surface area contributed by atoms with Crippen molar-refractivity contribution in [3.8, 4) is 0 Å². The molecule has 0 radical (unpaired) electrons. The van der Waals surface area contributed by atoms with Gasteiger partial charge >= 0.3 is 11.9 Å². The molecule has 0 fully saturated rings. The molecule has 3 aromatic rings. The van der Waals surface area contributed by atoms with Crippen molar-refractivity contribution in [1.29, 1.82) is 0 Å². The molecule has 2 aromatic carbocycles. The summed E-state index contributed by atoms with van der Waals surface area (Å²) in [4.78, 5) is 36.0. The lowest BCUT2D eigenvalue weighted by molar-refractivity contribution is 0.0679. The van der Waals surface area contributed by atoms with Gasteiger partial charge in [0.1, 0.15) is 0 Å². The molecule has 0 saturated carbocycles. The summed E-state index contributed by atoms with van der Waals surface area (Å²) in [6.45, 7) is 4.42. The van der Waals surface area contributed by atoms with Crippen molar-refractivity contribution >= 4 is 28.6 Å². The van der Waals surface area contributed by atoms with Crippen LogP contribution in [0.1, 0.15) is 49.3 Å². The Bertz CT molecular complexity index is 1060. The van der Waals surface area contributed by atoms with Gasteiger partial charge in [-0.2, -0.15) is 0 Å². The topological polar surface area (TPSA) is 96.6 Å². The maximum Gasteiger partial charge on any atom is 0.336 e. The number of hydrogen-bond acceptors (Lipinski definition) is 3. The molecule has 0 spiro atoms. The highest BCUT2D eigenvalue weighted by Gasteiger charge is 2.25. The van der Waals surface area contributed by atoms with Crippen LogP contribution in [0.3, 0.4) is 0 Å². The van der Waals surface area contributed by atoms with Gasteiger partial charge in [-0.25, -0.2) is 9.59 Å². The highest BCUT2D eigenvalue weighted by atomic mass is 16.4. The fraction of sp³-hybridized carbons (Fsp3) is 0.150. The molecule has 0 saturated heterocycles. The number of nitrogens with zero attached hydrogens (tertiary/aromatic N) is 1. The van der Waals surface area contributed by atoms with Crippen LogP contribution in [0.25, 0.3) is 10.9 Å². The molecule has 6 nitrogen and oxygen atoms in total. The van der Waals surface area contributed by atoms with Crippen molar-refractivity contribution in [2.45, 2.75) is 20.4 Å². The van der Waals surface area contributed by atoms with Gasteiger partial charge in [-0.3, -0.25) is 4.79 Å². The number of aromatic carboxylic acids is 2. The smallest absolute Gasteiger partial charge is 0.336 e. The van der Waals surface area contributed by atoms with Gasteiger partial charge in [-0.05, 0) is 38.1 Å². The molecule has 0 unspecified atom stereocenters. The predicted octanol–water partition coefficient (Wildman–Crippen LogP) is 3.60. The minimum Gasteiger partial charge on any atom is -0.478 e. The van der Waals surface area contributed by atoms with Crippen LogP contribution < -0.4 is 0 Å². The molecule has 1 heterocycles. The number of aryl methyl sites for hydroxylation is 1. The van der Waals surface area contributed by atoms with Crippen molar-refractivity contribution < 1.29 is 24.6 Å². The van der Waals surface area contributed by atoms with Crippen LogP contribution in [0, 0.1) is 6.92 Å². The first-order valence-corrected chi connectivity index (χ1v) is 8.10. The Hall–Kier alpha value is -3.41. The second-order valence-corrected chi connectivity index (χ2v) is 5.92. The van der Waals surface area contributed by atoms with Gasteiger partial charge in [-0.1, -0.05) is 18.2 Å². The number of carboxylic acid groups (broad SMARTS) is 2. The quantitative estimate of drug-likeness (QED) is 0.685. The van der Waals surface area contributed by atoms with Gasteiger partial charge in [0.2, 0.25) is 0 Å². The van der Waals surface area contributed by atoms with E-state index in [4.69, 9.17) is 0 Å². The van der Waals surface area contributed by atoms with E-state index in [1.54, 1.807) is 6.92 Å². The third kappa shape index (κ3) is 2.65. The predicted molar refractivity (Wildman–Crippen MR) is 96.1 cm³/mol. The van der Waals surface area contributed by atoms with Gasteiger partial charge in [0.25, 0.3) is 0 Å². The molecule has 132 valence electrons. The average Bonchev–Trinajstić information content (AvgIpc) is 2.91. The summed E-state index contributed by atoms with van der Waals surface area (Å²) in [7, 11) is 0. The summed E-state index contributed by atoms with van der Waals surface area (Å²) in [5, 5.41) is 19.3. The summed E-state index contributed by atoms with van der Waals surface area (Å²) in [5.41, 5.74) is 1.52. The van der Waals surface area contributed by atoms with Crippen molar-refractivity contribution in [3.63, 3.8) is 0 Å². The van der Waals surface area contributed by atoms with Crippen molar-refractivity contribution in [2.24, 2.45) is 0 Å². The molecule has 3 rings (SSSR count). The Morgan fingerprint density at radius 3 is 2.27 bits per heavy atom. The Morgan fingerprint density at radius 1 is 0.962 bits per heavy atom. The van der Waals surface area contributed by atoms with E-state index in [0.29, 0.717) is 17.5 Å². The lowest BCUT2D eigenvalue weighted by atomic mass is 9.94. The first-order valence-electron chi connectivity index (χ1n) is 8.10. The number of carboxylic acids is 2. The summed E-state index contributed by atoms with van der Waals surface area (Å²) in [6.07, 6.45) is 0. The van der Waals surface area contributed by atoms with Crippen LogP contribution in [-0.4, -0.2) is 32.5 Å². The summed E-state index contributed by atoms with van der Waals surface area (Å²) in [5.74, 6) is -2.99. The molecule has 0 aliphatic carbocycles. The van der Waals surface area contributed by atoms with E-state index >= 15 is 0 Å². The van der Waals surface area contributed by atoms with Gasteiger partial charge in [0.05, 0.1) is 16.7 Å². The molecule has 0 aliphatic heterocycles. The van der Waals surface area contributed by atoms with E-state index in [2.05, 4.69) is 0 Å². The van der Waals surface area contributed by atoms with E-state index in [9.17, 15) is 24.6 Å². The molecule has 0 amide bonds. The van der Waals surface area contributed by atoms with Gasteiger partial charge < -0.3 is 14.8 Å². The van der Waals surface area contributed by atoms with E-state index in [1.807, 2.05) is 35.8 Å². The lowest BCUT2D eigenvalue weighted by Crippen LogP contribution is -2.13. The second kappa shape index (κ2) is 6.48. The molecule has 1 aromatic heterocycles. The third-order valence-electron chi connectivity index (χ3n) is 4.52.